The van der Waals surface area contributed by atoms with Gasteiger partial charge < -0.3 is 15.7 Å². The lowest BCUT2D eigenvalue weighted by molar-refractivity contribution is -0.143. The van der Waals surface area contributed by atoms with E-state index in [-0.39, 0.29) is 29.0 Å². The van der Waals surface area contributed by atoms with E-state index in [0.29, 0.717) is 31.2 Å². The van der Waals surface area contributed by atoms with Crippen LogP contribution in [0.25, 0.3) is 0 Å². The molecule has 3 N–H and O–H groups in total. The van der Waals surface area contributed by atoms with Gasteiger partial charge in [0, 0.05) is 18.2 Å². The average molecular weight is 644 g/mol. The molecular formula is C32H32F3N3O6S. The summed E-state index contributed by atoms with van der Waals surface area (Å²) < 4.78 is 68.7. The number of sulfonamides is 1. The van der Waals surface area contributed by atoms with Crippen LogP contribution in [0.2, 0.25) is 0 Å². The first-order chi connectivity index (χ1) is 21.3. The maximum absolute atomic E-state index is 13.7. The molecule has 3 fully saturated rings. The van der Waals surface area contributed by atoms with Crippen molar-refractivity contribution in [1.82, 2.24) is 9.62 Å². The number of rotatable bonds is 9. The predicted molar refractivity (Wildman–Crippen MR) is 159 cm³/mol. The van der Waals surface area contributed by atoms with Gasteiger partial charge in [-0.25, -0.2) is 13.2 Å². The maximum Gasteiger partial charge on any atom is 0.417 e. The van der Waals surface area contributed by atoms with E-state index in [1.54, 1.807) is 12.1 Å². The van der Waals surface area contributed by atoms with Crippen LogP contribution >= 0.6 is 0 Å². The Kier molecular flexibility index (Phi) is 9.04. The molecule has 2 heterocycles. The van der Waals surface area contributed by atoms with Crippen LogP contribution in [0.3, 0.4) is 0 Å². The molecular weight excluding hydrogens is 611 g/mol. The van der Waals surface area contributed by atoms with Gasteiger partial charge in [0.05, 0.1) is 16.0 Å². The first-order valence-corrected chi connectivity index (χ1v) is 15.9. The Labute approximate surface area is 258 Å². The van der Waals surface area contributed by atoms with E-state index in [2.05, 4.69) is 10.6 Å². The third kappa shape index (κ3) is 6.89. The lowest BCUT2D eigenvalue weighted by Gasteiger charge is -2.49. The number of piperidine rings is 2. The zero-order valence-electron chi connectivity index (χ0n) is 24.3. The minimum Gasteiger partial charge on any atom is -0.480 e. The van der Waals surface area contributed by atoms with Crippen LogP contribution in [-0.2, 0) is 32.2 Å². The Hall–Kier alpha value is -4.23. The van der Waals surface area contributed by atoms with Crippen LogP contribution in [0.4, 0.5) is 18.9 Å². The number of carboxylic acids is 1. The molecule has 2 unspecified atom stereocenters. The third-order valence-electron chi connectivity index (χ3n) is 8.43. The molecule has 0 radical (unpaired) electrons. The van der Waals surface area contributed by atoms with Crippen LogP contribution in [-0.4, -0.2) is 53.7 Å². The van der Waals surface area contributed by atoms with Crippen molar-refractivity contribution in [3.63, 3.8) is 0 Å². The third-order valence-corrected chi connectivity index (χ3v) is 10.4. The number of nitrogens with one attached hydrogen (secondary N) is 2. The highest BCUT2D eigenvalue weighted by Gasteiger charge is 2.51. The second-order valence-electron chi connectivity index (χ2n) is 11.5. The Morgan fingerprint density at radius 2 is 1.56 bits per heavy atom. The molecule has 6 rings (SSSR count). The smallest absolute Gasteiger partial charge is 0.417 e. The number of carbonyl (C=O) groups excluding carboxylic acids is 2. The van der Waals surface area contributed by atoms with Gasteiger partial charge in [0.2, 0.25) is 15.9 Å². The van der Waals surface area contributed by atoms with Gasteiger partial charge in [0.1, 0.15) is 12.1 Å². The second-order valence-corrected chi connectivity index (χ2v) is 13.3. The van der Waals surface area contributed by atoms with Crippen LogP contribution in [0.1, 0.15) is 52.7 Å². The largest absolute Gasteiger partial charge is 0.480 e. The van der Waals surface area contributed by atoms with Crippen molar-refractivity contribution in [2.24, 2.45) is 5.92 Å². The van der Waals surface area contributed by atoms with Gasteiger partial charge in [0.15, 0.2) is 0 Å². The van der Waals surface area contributed by atoms with Gasteiger partial charge in [-0.05, 0) is 80.5 Å². The fraction of sp³-hybridized carbons (Fsp3) is 0.344. The fourth-order valence-corrected chi connectivity index (χ4v) is 8.05. The Balaban J connectivity index is 1.30. The van der Waals surface area contributed by atoms with Gasteiger partial charge in [-0.1, -0.05) is 42.0 Å². The van der Waals surface area contributed by atoms with Gasteiger partial charge in [-0.3, -0.25) is 9.59 Å². The minimum absolute atomic E-state index is 0.0716. The normalized spacial score (nSPS) is 20.8. The van der Waals surface area contributed by atoms with Gasteiger partial charge in [-0.2, -0.15) is 17.5 Å². The summed E-state index contributed by atoms with van der Waals surface area (Å²) in [6.07, 6.45) is -2.33. The topological polar surface area (TPSA) is 133 Å². The second kappa shape index (κ2) is 12.6. The zero-order valence-corrected chi connectivity index (χ0v) is 25.1. The molecule has 3 aliphatic rings. The monoisotopic (exact) mass is 643 g/mol. The molecule has 2 bridgehead atoms. The summed E-state index contributed by atoms with van der Waals surface area (Å²) in [5.41, 5.74) is -0.0828. The van der Waals surface area contributed by atoms with Gasteiger partial charge >= 0.3 is 12.1 Å². The molecule has 1 aliphatic carbocycles. The summed E-state index contributed by atoms with van der Waals surface area (Å²) in [6, 6.07) is 13.8. The summed E-state index contributed by atoms with van der Waals surface area (Å²) >= 11 is 0. The standard InChI is InChI=1S/C32H32F3N3O6S/c1-19-6-16-24(17-7-19)45(43,44)38-23-14-10-21(11-15-23)28(38)30(40)37-27(31(41)42)18-20-8-12-22(13-9-20)36-29(39)25-4-2-3-5-26(25)32(33,34)35/h2-9,12-13,16-17,21,23,27-28H,10-11,14-15,18H2,1H3,(H,36,39)(H,37,40)(H,41,42). The molecule has 0 spiro atoms. The Morgan fingerprint density at radius 1 is 0.933 bits per heavy atom. The van der Waals surface area contributed by atoms with Crippen LogP contribution in [0, 0.1) is 12.8 Å². The Bertz CT molecular complexity index is 1690. The Morgan fingerprint density at radius 3 is 2.16 bits per heavy atom. The number of benzene rings is 3. The number of carbonyl (C=O) groups is 3. The van der Waals surface area contributed by atoms with E-state index in [1.807, 2.05) is 6.92 Å². The van der Waals surface area contributed by atoms with E-state index in [4.69, 9.17) is 0 Å². The van der Waals surface area contributed by atoms with Gasteiger partial charge in [-0.15, -0.1) is 0 Å². The van der Waals surface area contributed by atoms with Crippen molar-refractivity contribution in [2.75, 3.05) is 5.32 Å². The fourth-order valence-electron chi connectivity index (χ4n) is 6.16. The van der Waals surface area contributed by atoms with Crippen molar-refractivity contribution in [1.29, 1.82) is 0 Å². The summed E-state index contributed by atoms with van der Waals surface area (Å²) in [6.45, 7) is 1.84. The van der Waals surface area contributed by atoms with E-state index in [1.165, 1.54) is 52.8 Å². The molecule has 2 saturated heterocycles. The summed E-state index contributed by atoms with van der Waals surface area (Å²) in [4.78, 5) is 38.5. The van der Waals surface area contributed by atoms with Crippen LogP contribution < -0.4 is 10.6 Å². The summed E-state index contributed by atoms with van der Waals surface area (Å²) in [7, 11) is -4.04. The van der Waals surface area contributed by atoms with Crippen LogP contribution in [0.15, 0.2) is 77.7 Å². The lowest BCUT2D eigenvalue weighted by atomic mass is 9.76. The quantitative estimate of drug-likeness (QED) is 0.300. The number of amides is 2. The molecule has 1 saturated carbocycles. The number of hydrogen-bond acceptors (Lipinski definition) is 5. The van der Waals surface area contributed by atoms with E-state index in [9.17, 15) is 41.1 Å². The minimum atomic E-state index is -4.72. The van der Waals surface area contributed by atoms with E-state index in [0.717, 1.165) is 17.7 Å². The average Bonchev–Trinajstić information content (AvgIpc) is 3.01. The molecule has 2 amide bonds. The zero-order chi connectivity index (χ0) is 32.5. The highest BCUT2D eigenvalue weighted by Crippen LogP contribution is 2.43. The number of nitrogens with zero attached hydrogens (tertiary/aromatic N) is 1. The SMILES string of the molecule is Cc1ccc(S(=O)(=O)N2C3CCC(CC3)C2C(=O)NC(Cc2ccc(NC(=O)c3ccccc3C(F)(F)F)cc2)C(=O)O)cc1. The number of alkyl halides is 3. The van der Waals surface area contributed by atoms with E-state index < -0.39 is 57.2 Å². The molecule has 0 aromatic heterocycles. The number of aliphatic carboxylic acids is 1. The molecule has 238 valence electrons. The highest BCUT2D eigenvalue weighted by molar-refractivity contribution is 7.89. The van der Waals surface area contributed by atoms with Crippen molar-refractivity contribution in [3.8, 4) is 0 Å². The number of aryl methyl sites for hydroxylation is 1. The first-order valence-electron chi connectivity index (χ1n) is 14.5. The van der Waals surface area contributed by atoms with Crippen LogP contribution in [0.5, 0.6) is 0 Å². The molecule has 3 aromatic carbocycles. The van der Waals surface area contributed by atoms with Crippen molar-refractivity contribution < 1.29 is 41.1 Å². The maximum atomic E-state index is 13.7. The molecule has 2 aliphatic heterocycles. The number of anilines is 1. The molecule has 3 aromatic rings. The predicted octanol–water partition coefficient (Wildman–Crippen LogP) is 5.01. The molecule has 2 atom stereocenters. The van der Waals surface area contributed by atoms with Crippen molar-refractivity contribution in [2.45, 2.75) is 68.2 Å². The number of halogens is 3. The van der Waals surface area contributed by atoms with Crippen molar-refractivity contribution >= 4 is 33.5 Å². The number of hydrogen-bond donors (Lipinski definition) is 3. The van der Waals surface area contributed by atoms with Crippen molar-refractivity contribution in [3.05, 3.63) is 95.1 Å². The van der Waals surface area contributed by atoms with Gasteiger partial charge in [0.25, 0.3) is 5.91 Å². The highest BCUT2D eigenvalue weighted by atomic mass is 32.2. The summed E-state index contributed by atoms with van der Waals surface area (Å²) in [5.74, 6) is -3.22. The molecule has 9 nitrogen and oxygen atoms in total. The van der Waals surface area contributed by atoms with E-state index >= 15 is 0 Å². The lowest BCUT2D eigenvalue weighted by Crippen LogP contribution is -2.63. The molecule has 45 heavy (non-hydrogen) atoms. The number of fused-ring (bicyclic) bond motifs is 3. The first kappa shape index (κ1) is 32.2. The molecule has 13 heteroatoms. The summed E-state index contributed by atoms with van der Waals surface area (Å²) in [5, 5.41) is 14.9. The number of carboxylic acid groups (broad SMARTS) is 1.